The van der Waals surface area contributed by atoms with E-state index in [-0.39, 0.29) is 10.6 Å². The molecule has 1 heterocycles. The van der Waals surface area contributed by atoms with E-state index in [9.17, 15) is 12.8 Å². The molecule has 1 aliphatic heterocycles. The van der Waals surface area contributed by atoms with E-state index in [0.29, 0.717) is 31.3 Å². The number of hydrogen-bond donors (Lipinski definition) is 1. The third-order valence-electron chi connectivity index (χ3n) is 3.69. The van der Waals surface area contributed by atoms with Gasteiger partial charge < -0.3 is 9.64 Å². The molecular formula is C16H16ClFN2O3S. The van der Waals surface area contributed by atoms with Gasteiger partial charge in [0.25, 0.3) is 10.0 Å². The highest BCUT2D eigenvalue weighted by Crippen LogP contribution is 2.26. The summed E-state index contributed by atoms with van der Waals surface area (Å²) in [4.78, 5) is 2.03. The smallest absolute Gasteiger partial charge is 0.261 e. The van der Waals surface area contributed by atoms with E-state index in [1.165, 1.54) is 36.4 Å². The second-order valence-corrected chi connectivity index (χ2v) is 7.44. The molecule has 0 aliphatic carbocycles. The lowest BCUT2D eigenvalue weighted by Gasteiger charge is -2.29. The van der Waals surface area contributed by atoms with Crippen LogP contribution in [0.5, 0.6) is 0 Å². The average molecular weight is 371 g/mol. The molecule has 1 fully saturated rings. The summed E-state index contributed by atoms with van der Waals surface area (Å²) in [5.74, 6) is -0.635. The molecule has 2 aromatic carbocycles. The molecule has 5 nitrogen and oxygen atoms in total. The lowest BCUT2D eigenvalue weighted by atomic mass is 10.2. The van der Waals surface area contributed by atoms with E-state index < -0.39 is 15.8 Å². The van der Waals surface area contributed by atoms with E-state index in [0.717, 1.165) is 5.69 Å². The van der Waals surface area contributed by atoms with Gasteiger partial charge in [-0.2, -0.15) is 0 Å². The summed E-state index contributed by atoms with van der Waals surface area (Å²) in [5.41, 5.74) is 0.655. The zero-order valence-corrected chi connectivity index (χ0v) is 14.3. The van der Waals surface area contributed by atoms with E-state index in [2.05, 4.69) is 4.72 Å². The second-order valence-electron chi connectivity index (χ2n) is 5.32. The van der Waals surface area contributed by atoms with Crippen LogP contribution in [0.3, 0.4) is 0 Å². The molecule has 0 bridgehead atoms. The third kappa shape index (κ3) is 3.80. The van der Waals surface area contributed by atoms with Crippen molar-refractivity contribution in [2.24, 2.45) is 0 Å². The van der Waals surface area contributed by atoms with Crippen LogP contribution in [-0.2, 0) is 14.8 Å². The van der Waals surface area contributed by atoms with Gasteiger partial charge in [0.2, 0.25) is 0 Å². The molecule has 0 aromatic heterocycles. The van der Waals surface area contributed by atoms with Gasteiger partial charge in [-0.1, -0.05) is 11.6 Å². The van der Waals surface area contributed by atoms with Gasteiger partial charge in [-0.3, -0.25) is 4.72 Å². The van der Waals surface area contributed by atoms with Crippen molar-refractivity contribution in [1.29, 1.82) is 0 Å². The number of nitrogens with one attached hydrogen (secondary N) is 1. The molecule has 0 unspecified atom stereocenters. The van der Waals surface area contributed by atoms with Crippen LogP contribution in [0.2, 0.25) is 5.02 Å². The molecule has 1 aliphatic rings. The fraction of sp³-hybridized carbons (Fsp3) is 0.250. The van der Waals surface area contributed by atoms with Gasteiger partial charge in [0, 0.05) is 23.8 Å². The standard InChI is InChI=1S/C16H16ClFN2O3S/c17-12-1-4-14(5-2-12)24(21,22)19-16-11-13(3-6-15(16)18)20-7-9-23-10-8-20/h1-6,11,19H,7-10H2. The fourth-order valence-corrected chi connectivity index (χ4v) is 3.61. The summed E-state index contributed by atoms with van der Waals surface area (Å²) in [7, 11) is -3.89. The molecule has 2 aromatic rings. The SMILES string of the molecule is O=S(=O)(Nc1cc(N2CCOCC2)ccc1F)c1ccc(Cl)cc1. The lowest BCUT2D eigenvalue weighted by molar-refractivity contribution is 0.122. The van der Waals surface area contributed by atoms with Crippen LogP contribution in [-0.4, -0.2) is 34.7 Å². The number of ether oxygens (including phenoxy) is 1. The van der Waals surface area contributed by atoms with Crippen LogP contribution < -0.4 is 9.62 Å². The predicted molar refractivity (Wildman–Crippen MR) is 91.7 cm³/mol. The highest BCUT2D eigenvalue weighted by molar-refractivity contribution is 7.92. The largest absolute Gasteiger partial charge is 0.378 e. The van der Waals surface area contributed by atoms with E-state index in [4.69, 9.17) is 16.3 Å². The van der Waals surface area contributed by atoms with Gasteiger partial charge in [0.05, 0.1) is 23.8 Å². The van der Waals surface area contributed by atoms with Gasteiger partial charge in [0.15, 0.2) is 0 Å². The summed E-state index contributed by atoms with van der Waals surface area (Å²) in [5, 5.41) is 0.425. The quantitative estimate of drug-likeness (QED) is 0.898. The average Bonchev–Trinajstić information content (AvgIpc) is 2.58. The Balaban J connectivity index is 1.87. The van der Waals surface area contributed by atoms with Crippen molar-refractivity contribution < 1.29 is 17.5 Å². The zero-order valence-electron chi connectivity index (χ0n) is 12.7. The van der Waals surface area contributed by atoms with Gasteiger partial charge in [-0.25, -0.2) is 12.8 Å². The normalized spacial score (nSPS) is 15.3. The topological polar surface area (TPSA) is 58.6 Å². The summed E-state index contributed by atoms with van der Waals surface area (Å²) in [6.45, 7) is 2.52. The Morgan fingerprint density at radius 1 is 1.08 bits per heavy atom. The van der Waals surface area contributed by atoms with Crippen LogP contribution in [0.4, 0.5) is 15.8 Å². The van der Waals surface area contributed by atoms with Crippen LogP contribution in [0.1, 0.15) is 0 Å². The molecule has 128 valence electrons. The fourth-order valence-electron chi connectivity index (χ4n) is 2.43. The molecule has 8 heteroatoms. The Bertz CT molecular complexity index is 822. The maximum Gasteiger partial charge on any atom is 0.261 e. The molecule has 0 saturated carbocycles. The van der Waals surface area contributed by atoms with Crippen molar-refractivity contribution in [2.75, 3.05) is 35.9 Å². The van der Waals surface area contributed by atoms with Crippen LogP contribution in [0.15, 0.2) is 47.4 Å². The summed E-state index contributed by atoms with van der Waals surface area (Å²) in [6, 6.07) is 10.1. The van der Waals surface area contributed by atoms with Crippen LogP contribution >= 0.6 is 11.6 Å². The first-order valence-electron chi connectivity index (χ1n) is 7.36. The molecule has 0 amide bonds. The Labute approximate surface area is 145 Å². The van der Waals surface area contributed by atoms with Crippen LogP contribution in [0.25, 0.3) is 0 Å². The summed E-state index contributed by atoms with van der Waals surface area (Å²) in [6.07, 6.45) is 0. The molecule has 24 heavy (non-hydrogen) atoms. The highest BCUT2D eigenvalue weighted by atomic mass is 35.5. The maximum atomic E-state index is 14.1. The van der Waals surface area contributed by atoms with Crippen molar-refractivity contribution in [3.05, 3.63) is 53.3 Å². The molecule has 0 atom stereocenters. The predicted octanol–water partition coefficient (Wildman–Crippen LogP) is 3.12. The number of morpholine rings is 1. The number of anilines is 2. The zero-order chi connectivity index (χ0) is 17.2. The van der Waals surface area contributed by atoms with Gasteiger partial charge in [0.1, 0.15) is 5.82 Å². The second kappa shape index (κ2) is 6.96. The minimum atomic E-state index is -3.89. The number of sulfonamides is 1. The molecule has 1 N–H and O–H groups in total. The molecule has 3 rings (SSSR count). The number of halogens is 2. The monoisotopic (exact) mass is 370 g/mol. The number of hydrogen-bond acceptors (Lipinski definition) is 4. The molecular weight excluding hydrogens is 355 g/mol. The molecule has 1 saturated heterocycles. The van der Waals surface area contributed by atoms with E-state index >= 15 is 0 Å². The van der Waals surface area contributed by atoms with Crippen molar-refractivity contribution in [3.8, 4) is 0 Å². The maximum absolute atomic E-state index is 14.1. The lowest BCUT2D eigenvalue weighted by Crippen LogP contribution is -2.36. The van der Waals surface area contributed by atoms with Crippen LogP contribution in [0, 0.1) is 5.82 Å². The first-order chi connectivity index (χ1) is 11.5. The number of rotatable bonds is 4. The number of benzene rings is 2. The van der Waals surface area contributed by atoms with Crippen molar-refractivity contribution in [3.63, 3.8) is 0 Å². The highest BCUT2D eigenvalue weighted by Gasteiger charge is 2.18. The summed E-state index contributed by atoms with van der Waals surface area (Å²) >= 11 is 5.76. The Morgan fingerprint density at radius 3 is 2.42 bits per heavy atom. The number of nitrogens with zero attached hydrogens (tertiary/aromatic N) is 1. The minimum Gasteiger partial charge on any atom is -0.378 e. The Morgan fingerprint density at radius 2 is 1.75 bits per heavy atom. The van der Waals surface area contributed by atoms with E-state index in [1.54, 1.807) is 6.07 Å². The van der Waals surface area contributed by atoms with Gasteiger partial charge in [-0.05, 0) is 42.5 Å². The third-order valence-corrected chi connectivity index (χ3v) is 5.33. The molecule has 0 spiro atoms. The van der Waals surface area contributed by atoms with Gasteiger partial charge in [-0.15, -0.1) is 0 Å². The van der Waals surface area contributed by atoms with Crippen molar-refractivity contribution in [1.82, 2.24) is 0 Å². The van der Waals surface area contributed by atoms with Crippen molar-refractivity contribution in [2.45, 2.75) is 4.90 Å². The first kappa shape index (κ1) is 17.0. The van der Waals surface area contributed by atoms with Crippen molar-refractivity contribution >= 4 is 33.0 Å². The van der Waals surface area contributed by atoms with Gasteiger partial charge >= 0.3 is 0 Å². The first-order valence-corrected chi connectivity index (χ1v) is 9.22. The summed E-state index contributed by atoms with van der Waals surface area (Å²) < 4.78 is 46.4. The Hall–Kier alpha value is -1.83. The van der Waals surface area contributed by atoms with E-state index in [1.807, 2.05) is 4.90 Å². The molecule has 0 radical (unpaired) electrons. The minimum absolute atomic E-state index is 0.0167. The Kier molecular flexibility index (Phi) is 4.93.